The minimum Gasteiger partial charge on any atom is -0.368 e. The van der Waals surface area contributed by atoms with Crippen LogP contribution in [-0.2, 0) is 0 Å². The Balaban J connectivity index is 1.91. The third kappa shape index (κ3) is 3.85. The standard InChI is InChI=1S/C12H21N5/c1-9(13)7-14-11-6-12(16-8-15-11)17-10-4-2-3-5-10/h6,8-10H,2-5,7,13H2,1H3,(H2,14,15,16,17). The smallest absolute Gasteiger partial charge is 0.131 e. The first-order valence-electron chi connectivity index (χ1n) is 6.32. The van der Waals surface area contributed by atoms with Crippen molar-refractivity contribution in [2.45, 2.75) is 44.7 Å². The SMILES string of the molecule is CC(N)CNc1cc(NC2CCCC2)ncn1. The Morgan fingerprint density at radius 2 is 2.06 bits per heavy atom. The molecule has 1 aromatic heterocycles. The second-order valence-corrected chi connectivity index (χ2v) is 4.77. The zero-order valence-corrected chi connectivity index (χ0v) is 10.3. The monoisotopic (exact) mass is 235 g/mol. The highest BCUT2D eigenvalue weighted by molar-refractivity contribution is 5.47. The Kier molecular flexibility index (Phi) is 4.14. The van der Waals surface area contributed by atoms with Crippen molar-refractivity contribution in [1.82, 2.24) is 9.97 Å². The molecule has 5 heteroatoms. The van der Waals surface area contributed by atoms with E-state index in [0.717, 1.165) is 18.2 Å². The predicted octanol–water partition coefficient (Wildman–Crippen LogP) is 1.59. The zero-order chi connectivity index (χ0) is 12.1. The average molecular weight is 235 g/mol. The number of nitrogens with one attached hydrogen (secondary N) is 2. The Bertz CT molecular complexity index is 347. The number of aromatic nitrogens is 2. The highest BCUT2D eigenvalue weighted by Gasteiger charge is 2.14. The van der Waals surface area contributed by atoms with E-state index in [1.807, 2.05) is 13.0 Å². The highest BCUT2D eigenvalue weighted by Crippen LogP contribution is 2.21. The maximum absolute atomic E-state index is 5.69. The molecule has 0 saturated heterocycles. The average Bonchev–Trinajstić information content (AvgIpc) is 2.80. The summed E-state index contributed by atoms with van der Waals surface area (Å²) in [5.41, 5.74) is 5.69. The molecule has 0 aliphatic heterocycles. The summed E-state index contributed by atoms with van der Waals surface area (Å²) >= 11 is 0. The van der Waals surface area contributed by atoms with Crippen LogP contribution >= 0.6 is 0 Å². The van der Waals surface area contributed by atoms with Crippen LogP contribution in [0.5, 0.6) is 0 Å². The summed E-state index contributed by atoms with van der Waals surface area (Å²) in [6.45, 7) is 2.69. The molecule has 1 heterocycles. The summed E-state index contributed by atoms with van der Waals surface area (Å²) in [5.74, 6) is 1.73. The lowest BCUT2D eigenvalue weighted by atomic mass is 10.2. The van der Waals surface area contributed by atoms with E-state index in [1.54, 1.807) is 6.33 Å². The van der Waals surface area contributed by atoms with Gasteiger partial charge < -0.3 is 16.4 Å². The number of nitrogens with two attached hydrogens (primary N) is 1. The van der Waals surface area contributed by atoms with Gasteiger partial charge in [0.15, 0.2) is 0 Å². The lowest BCUT2D eigenvalue weighted by molar-refractivity contribution is 0.749. The molecule has 0 aromatic carbocycles. The van der Waals surface area contributed by atoms with Gasteiger partial charge >= 0.3 is 0 Å². The highest BCUT2D eigenvalue weighted by atomic mass is 15.1. The minimum atomic E-state index is 0.121. The number of hydrogen-bond donors (Lipinski definition) is 3. The van der Waals surface area contributed by atoms with E-state index in [0.29, 0.717) is 6.04 Å². The summed E-state index contributed by atoms with van der Waals surface area (Å²) in [6.07, 6.45) is 6.71. The number of hydrogen-bond acceptors (Lipinski definition) is 5. The van der Waals surface area contributed by atoms with Crippen LogP contribution in [0.15, 0.2) is 12.4 Å². The molecular weight excluding hydrogens is 214 g/mol. The van der Waals surface area contributed by atoms with Crippen molar-refractivity contribution >= 4 is 11.6 Å². The summed E-state index contributed by atoms with van der Waals surface area (Å²) in [4.78, 5) is 8.40. The first-order chi connectivity index (χ1) is 8.24. The summed E-state index contributed by atoms with van der Waals surface area (Å²) in [6, 6.07) is 2.64. The molecule has 0 spiro atoms. The third-order valence-electron chi connectivity index (χ3n) is 2.98. The molecule has 17 heavy (non-hydrogen) atoms. The zero-order valence-electron chi connectivity index (χ0n) is 10.3. The maximum atomic E-state index is 5.69. The molecule has 0 amide bonds. The van der Waals surface area contributed by atoms with Crippen molar-refractivity contribution in [3.63, 3.8) is 0 Å². The van der Waals surface area contributed by atoms with Crippen LogP contribution < -0.4 is 16.4 Å². The van der Waals surface area contributed by atoms with E-state index in [1.165, 1.54) is 25.7 Å². The molecule has 1 saturated carbocycles. The van der Waals surface area contributed by atoms with Crippen molar-refractivity contribution in [2.24, 2.45) is 5.73 Å². The van der Waals surface area contributed by atoms with Gasteiger partial charge in [0, 0.05) is 24.7 Å². The van der Waals surface area contributed by atoms with E-state index in [4.69, 9.17) is 5.73 Å². The normalized spacial score (nSPS) is 18.0. The molecule has 1 fully saturated rings. The topological polar surface area (TPSA) is 75.9 Å². The van der Waals surface area contributed by atoms with Gasteiger partial charge in [0.25, 0.3) is 0 Å². The van der Waals surface area contributed by atoms with Gasteiger partial charge in [0.1, 0.15) is 18.0 Å². The summed E-state index contributed by atoms with van der Waals surface area (Å²) in [7, 11) is 0. The van der Waals surface area contributed by atoms with E-state index in [2.05, 4.69) is 20.6 Å². The molecule has 94 valence electrons. The van der Waals surface area contributed by atoms with E-state index < -0.39 is 0 Å². The number of nitrogens with zero attached hydrogens (tertiary/aromatic N) is 2. The van der Waals surface area contributed by atoms with Gasteiger partial charge in [-0.3, -0.25) is 0 Å². The molecule has 1 atom stereocenters. The van der Waals surface area contributed by atoms with Crippen LogP contribution in [0.2, 0.25) is 0 Å². The second kappa shape index (κ2) is 5.82. The molecule has 4 N–H and O–H groups in total. The molecule has 0 bridgehead atoms. The van der Waals surface area contributed by atoms with Crippen molar-refractivity contribution in [1.29, 1.82) is 0 Å². The van der Waals surface area contributed by atoms with Gasteiger partial charge in [-0.2, -0.15) is 0 Å². The molecule has 2 rings (SSSR count). The molecule has 0 radical (unpaired) electrons. The van der Waals surface area contributed by atoms with E-state index in [9.17, 15) is 0 Å². The lowest BCUT2D eigenvalue weighted by Crippen LogP contribution is -2.25. The Hall–Kier alpha value is -1.36. The Labute approximate surface area is 102 Å². The first kappa shape index (κ1) is 12.1. The van der Waals surface area contributed by atoms with Gasteiger partial charge in [-0.25, -0.2) is 9.97 Å². The number of anilines is 2. The fourth-order valence-corrected chi connectivity index (χ4v) is 2.08. The van der Waals surface area contributed by atoms with Crippen LogP contribution in [0.1, 0.15) is 32.6 Å². The fraction of sp³-hybridized carbons (Fsp3) is 0.667. The minimum absolute atomic E-state index is 0.121. The van der Waals surface area contributed by atoms with Crippen molar-refractivity contribution in [3.05, 3.63) is 12.4 Å². The quantitative estimate of drug-likeness (QED) is 0.722. The number of rotatable bonds is 5. The van der Waals surface area contributed by atoms with Crippen LogP contribution in [0.3, 0.4) is 0 Å². The lowest BCUT2D eigenvalue weighted by Gasteiger charge is -2.13. The van der Waals surface area contributed by atoms with Crippen LogP contribution in [0, 0.1) is 0 Å². The van der Waals surface area contributed by atoms with Crippen molar-refractivity contribution < 1.29 is 0 Å². The van der Waals surface area contributed by atoms with Gasteiger partial charge in [0.2, 0.25) is 0 Å². The Morgan fingerprint density at radius 1 is 1.35 bits per heavy atom. The summed E-state index contributed by atoms with van der Waals surface area (Å²) in [5, 5.41) is 6.64. The molecular formula is C12H21N5. The van der Waals surface area contributed by atoms with E-state index in [-0.39, 0.29) is 6.04 Å². The third-order valence-corrected chi connectivity index (χ3v) is 2.98. The molecule has 1 unspecified atom stereocenters. The molecule has 1 aliphatic carbocycles. The first-order valence-corrected chi connectivity index (χ1v) is 6.32. The summed E-state index contributed by atoms with van der Waals surface area (Å²) < 4.78 is 0. The van der Waals surface area contributed by atoms with Gasteiger partial charge in [-0.15, -0.1) is 0 Å². The predicted molar refractivity (Wildman–Crippen MR) is 70.0 cm³/mol. The maximum Gasteiger partial charge on any atom is 0.131 e. The van der Waals surface area contributed by atoms with Crippen LogP contribution in [0.25, 0.3) is 0 Å². The van der Waals surface area contributed by atoms with Crippen LogP contribution in [-0.4, -0.2) is 28.6 Å². The second-order valence-electron chi connectivity index (χ2n) is 4.77. The van der Waals surface area contributed by atoms with Gasteiger partial charge in [0.05, 0.1) is 0 Å². The largest absolute Gasteiger partial charge is 0.368 e. The molecule has 1 aliphatic rings. The fourth-order valence-electron chi connectivity index (χ4n) is 2.08. The Morgan fingerprint density at radius 3 is 2.76 bits per heavy atom. The van der Waals surface area contributed by atoms with Crippen molar-refractivity contribution in [3.8, 4) is 0 Å². The van der Waals surface area contributed by atoms with Crippen LogP contribution in [0.4, 0.5) is 11.6 Å². The van der Waals surface area contributed by atoms with Crippen molar-refractivity contribution in [2.75, 3.05) is 17.2 Å². The molecule has 5 nitrogen and oxygen atoms in total. The van der Waals surface area contributed by atoms with Gasteiger partial charge in [-0.1, -0.05) is 12.8 Å². The van der Waals surface area contributed by atoms with Gasteiger partial charge in [-0.05, 0) is 19.8 Å². The van der Waals surface area contributed by atoms with E-state index >= 15 is 0 Å². The molecule has 1 aromatic rings.